The molecule has 0 fully saturated rings. The molecular formula is C7H16O2Si. The number of hydrogen-bond donors (Lipinski definition) is 0. The van der Waals surface area contributed by atoms with Gasteiger partial charge in [0.2, 0.25) is 0 Å². The second-order valence-electron chi connectivity index (χ2n) is 3.65. The molecule has 3 heteroatoms. The van der Waals surface area contributed by atoms with E-state index in [4.69, 9.17) is 4.74 Å². The van der Waals surface area contributed by atoms with Crippen LogP contribution in [0.1, 0.15) is 6.92 Å². The number of ether oxygens (including phenoxy) is 1. The minimum atomic E-state index is -1.00. The molecule has 0 aromatic carbocycles. The van der Waals surface area contributed by atoms with Gasteiger partial charge in [0.25, 0.3) is 0 Å². The van der Waals surface area contributed by atoms with Gasteiger partial charge in [-0.2, -0.15) is 0 Å². The van der Waals surface area contributed by atoms with Crippen molar-refractivity contribution in [1.82, 2.24) is 0 Å². The van der Waals surface area contributed by atoms with Gasteiger partial charge in [-0.1, -0.05) is 19.6 Å². The molecule has 0 aliphatic rings. The van der Waals surface area contributed by atoms with Crippen LogP contribution in [0.2, 0.25) is 25.7 Å². The van der Waals surface area contributed by atoms with Crippen LogP contribution in [0.3, 0.4) is 0 Å². The summed E-state index contributed by atoms with van der Waals surface area (Å²) in [6.45, 7) is 8.83. The van der Waals surface area contributed by atoms with Gasteiger partial charge >= 0.3 is 5.97 Å². The Morgan fingerprint density at radius 3 is 2.20 bits per heavy atom. The van der Waals surface area contributed by atoms with Crippen molar-refractivity contribution in [2.75, 3.05) is 6.61 Å². The van der Waals surface area contributed by atoms with Gasteiger partial charge in [0, 0.05) is 15.0 Å². The third-order valence-electron chi connectivity index (χ3n) is 1.16. The molecule has 0 bridgehead atoms. The fourth-order valence-corrected chi connectivity index (χ4v) is 1.22. The molecule has 0 saturated carbocycles. The lowest BCUT2D eigenvalue weighted by Gasteiger charge is -2.14. The molecule has 10 heavy (non-hydrogen) atoms. The van der Waals surface area contributed by atoms with Crippen LogP contribution < -0.4 is 0 Å². The van der Waals surface area contributed by atoms with Gasteiger partial charge in [-0.25, -0.2) is 0 Å². The zero-order valence-corrected chi connectivity index (χ0v) is 8.23. The molecule has 0 saturated heterocycles. The Morgan fingerprint density at radius 2 is 1.90 bits per heavy atom. The van der Waals surface area contributed by atoms with Crippen LogP contribution in [0.5, 0.6) is 0 Å². The molecule has 0 aromatic heterocycles. The standard InChI is InChI=1S/C7H16O2Si/c1-7(8)9-5-6-10(2,3)4/h5-6H2,1-4H3. The first-order chi connectivity index (χ1) is 4.42. The lowest BCUT2D eigenvalue weighted by molar-refractivity contribution is -0.140. The Morgan fingerprint density at radius 1 is 1.40 bits per heavy atom. The van der Waals surface area contributed by atoms with Crippen molar-refractivity contribution in [2.24, 2.45) is 0 Å². The van der Waals surface area contributed by atoms with Crippen LogP contribution in [0.25, 0.3) is 0 Å². The molecule has 0 spiro atoms. The molecule has 0 atom stereocenters. The maximum absolute atomic E-state index is 10.3. The summed E-state index contributed by atoms with van der Waals surface area (Å²) in [5.74, 6) is -0.168. The molecule has 0 unspecified atom stereocenters. The molecule has 0 amide bonds. The van der Waals surface area contributed by atoms with Crippen molar-refractivity contribution in [2.45, 2.75) is 32.6 Å². The first-order valence-electron chi connectivity index (χ1n) is 3.55. The van der Waals surface area contributed by atoms with Gasteiger partial charge < -0.3 is 4.74 Å². The largest absolute Gasteiger partial charge is 0.466 e. The summed E-state index contributed by atoms with van der Waals surface area (Å²) in [6.07, 6.45) is 0. The van der Waals surface area contributed by atoms with E-state index in [0.29, 0.717) is 6.61 Å². The highest BCUT2D eigenvalue weighted by Crippen LogP contribution is 2.07. The smallest absolute Gasteiger partial charge is 0.302 e. The van der Waals surface area contributed by atoms with E-state index in [-0.39, 0.29) is 5.97 Å². The highest BCUT2D eigenvalue weighted by molar-refractivity contribution is 6.76. The Kier molecular flexibility index (Phi) is 3.64. The maximum atomic E-state index is 10.3. The highest BCUT2D eigenvalue weighted by Gasteiger charge is 2.12. The summed E-state index contributed by atoms with van der Waals surface area (Å²) >= 11 is 0. The van der Waals surface area contributed by atoms with E-state index in [0.717, 1.165) is 6.04 Å². The highest BCUT2D eigenvalue weighted by atomic mass is 28.3. The average molecular weight is 160 g/mol. The Hall–Kier alpha value is -0.313. The molecule has 0 rings (SSSR count). The molecule has 0 aliphatic heterocycles. The van der Waals surface area contributed by atoms with E-state index < -0.39 is 8.07 Å². The van der Waals surface area contributed by atoms with Crippen molar-refractivity contribution < 1.29 is 9.53 Å². The number of esters is 1. The lowest BCUT2D eigenvalue weighted by Crippen LogP contribution is -2.22. The summed E-state index contributed by atoms with van der Waals surface area (Å²) in [4.78, 5) is 10.3. The minimum Gasteiger partial charge on any atom is -0.466 e. The van der Waals surface area contributed by atoms with Crippen LogP contribution in [0, 0.1) is 0 Å². The quantitative estimate of drug-likeness (QED) is 0.465. The van der Waals surface area contributed by atoms with E-state index in [9.17, 15) is 4.79 Å². The number of carbonyl (C=O) groups excluding carboxylic acids is 1. The fourth-order valence-electron chi connectivity index (χ4n) is 0.501. The van der Waals surface area contributed by atoms with Gasteiger partial charge in [0.05, 0.1) is 6.61 Å². The SMILES string of the molecule is CC(=O)OCC[Si](C)(C)C. The third-order valence-corrected chi connectivity index (χ3v) is 2.86. The second kappa shape index (κ2) is 3.76. The molecule has 0 aliphatic carbocycles. The zero-order valence-electron chi connectivity index (χ0n) is 7.23. The van der Waals surface area contributed by atoms with Crippen LogP contribution in [0.4, 0.5) is 0 Å². The van der Waals surface area contributed by atoms with Crippen molar-refractivity contribution in [3.63, 3.8) is 0 Å². The van der Waals surface area contributed by atoms with Gasteiger partial charge in [-0.3, -0.25) is 4.79 Å². The van der Waals surface area contributed by atoms with Crippen molar-refractivity contribution in [3.05, 3.63) is 0 Å². The van der Waals surface area contributed by atoms with Crippen molar-refractivity contribution >= 4 is 14.0 Å². The minimum absolute atomic E-state index is 0.168. The topological polar surface area (TPSA) is 26.3 Å². The summed E-state index contributed by atoms with van der Waals surface area (Å²) in [5.41, 5.74) is 0. The van der Waals surface area contributed by atoms with E-state index in [1.54, 1.807) is 0 Å². The normalized spacial score (nSPS) is 11.2. The van der Waals surface area contributed by atoms with Crippen LogP contribution in [-0.4, -0.2) is 20.7 Å². The molecule has 60 valence electrons. The molecular weight excluding hydrogens is 144 g/mol. The summed E-state index contributed by atoms with van der Waals surface area (Å²) < 4.78 is 4.81. The maximum Gasteiger partial charge on any atom is 0.302 e. The van der Waals surface area contributed by atoms with Crippen LogP contribution in [0.15, 0.2) is 0 Å². The predicted octanol–water partition coefficient (Wildman–Crippen LogP) is 1.89. The monoisotopic (exact) mass is 160 g/mol. The predicted molar refractivity (Wildman–Crippen MR) is 44.8 cm³/mol. The number of rotatable bonds is 3. The first kappa shape index (κ1) is 9.69. The van der Waals surface area contributed by atoms with Gasteiger partial charge in [0.15, 0.2) is 0 Å². The van der Waals surface area contributed by atoms with Gasteiger partial charge in [0.1, 0.15) is 0 Å². The molecule has 0 radical (unpaired) electrons. The first-order valence-corrected chi connectivity index (χ1v) is 7.26. The van der Waals surface area contributed by atoms with E-state index in [1.807, 2.05) is 0 Å². The molecule has 0 heterocycles. The summed E-state index contributed by atoms with van der Waals surface area (Å²) in [6, 6.07) is 1.06. The van der Waals surface area contributed by atoms with Crippen LogP contribution in [-0.2, 0) is 9.53 Å². The van der Waals surface area contributed by atoms with Gasteiger partial charge in [-0.15, -0.1) is 0 Å². The number of carbonyl (C=O) groups is 1. The Bertz CT molecular complexity index is 115. The third kappa shape index (κ3) is 7.69. The lowest BCUT2D eigenvalue weighted by atomic mass is 10.8. The fraction of sp³-hybridized carbons (Fsp3) is 0.857. The second-order valence-corrected chi connectivity index (χ2v) is 9.27. The molecule has 0 N–H and O–H groups in total. The molecule has 2 nitrogen and oxygen atoms in total. The Balaban J connectivity index is 3.29. The van der Waals surface area contributed by atoms with E-state index in [1.165, 1.54) is 6.92 Å². The van der Waals surface area contributed by atoms with E-state index in [2.05, 4.69) is 19.6 Å². The Labute approximate surface area is 63.6 Å². The zero-order chi connectivity index (χ0) is 8.20. The summed E-state index contributed by atoms with van der Waals surface area (Å²) in [5, 5.41) is 0. The average Bonchev–Trinajstić information content (AvgIpc) is 1.59. The summed E-state index contributed by atoms with van der Waals surface area (Å²) in [7, 11) is -1.00. The molecule has 0 aromatic rings. The van der Waals surface area contributed by atoms with Crippen molar-refractivity contribution in [1.29, 1.82) is 0 Å². The van der Waals surface area contributed by atoms with E-state index >= 15 is 0 Å². The van der Waals surface area contributed by atoms with Gasteiger partial charge in [-0.05, 0) is 6.04 Å². The number of hydrogen-bond acceptors (Lipinski definition) is 2. The van der Waals surface area contributed by atoms with Crippen LogP contribution >= 0.6 is 0 Å². The van der Waals surface area contributed by atoms with Crippen molar-refractivity contribution in [3.8, 4) is 0 Å².